The molecule has 0 spiro atoms. The molecule has 0 unspecified atom stereocenters. The molecular weight excluding hydrogens is 296 g/mol. The van der Waals surface area contributed by atoms with Gasteiger partial charge in [0.1, 0.15) is 4.90 Å². The quantitative estimate of drug-likeness (QED) is 0.662. The van der Waals surface area contributed by atoms with Crippen LogP contribution in [-0.4, -0.2) is 35.8 Å². The molecule has 0 aliphatic carbocycles. The number of rotatable bonds is 5. The Hall–Kier alpha value is -1.38. The Morgan fingerprint density at radius 2 is 1.89 bits per heavy atom. The molecule has 1 aromatic carbocycles. The summed E-state index contributed by atoms with van der Waals surface area (Å²) in [7, 11) is -4.02. The SMILES string of the molecule is CCN(CC)S(=O)(=O)c1cc(Cl)cc([N+](=O)[O-])c1O. The van der Waals surface area contributed by atoms with E-state index in [9.17, 15) is 23.6 Å². The topological polar surface area (TPSA) is 101 Å². The molecule has 0 saturated carbocycles. The van der Waals surface area contributed by atoms with Gasteiger partial charge in [0.25, 0.3) is 0 Å². The number of phenols is 1. The number of benzene rings is 1. The summed E-state index contributed by atoms with van der Waals surface area (Å²) in [6.07, 6.45) is 0. The van der Waals surface area contributed by atoms with Crippen molar-refractivity contribution < 1.29 is 18.4 Å². The molecule has 1 N–H and O–H groups in total. The van der Waals surface area contributed by atoms with Crippen molar-refractivity contribution in [2.45, 2.75) is 18.7 Å². The standard InChI is InChI=1S/C10H13ClN2O5S/c1-3-12(4-2)19(17,18)9-6-7(11)5-8(10(9)14)13(15)16/h5-6,14H,3-4H2,1-2H3. The lowest BCUT2D eigenvalue weighted by Crippen LogP contribution is -2.30. The molecule has 0 aliphatic heterocycles. The molecule has 0 fully saturated rings. The van der Waals surface area contributed by atoms with Crippen LogP contribution in [-0.2, 0) is 10.0 Å². The van der Waals surface area contributed by atoms with Gasteiger partial charge in [-0.05, 0) is 6.07 Å². The molecule has 0 aliphatic rings. The molecule has 0 saturated heterocycles. The zero-order valence-corrected chi connectivity index (χ0v) is 11.9. The lowest BCUT2D eigenvalue weighted by molar-refractivity contribution is -0.386. The molecule has 0 atom stereocenters. The number of halogens is 1. The zero-order chi connectivity index (χ0) is 14.8. The second-order valence-electron chi connectivity index (χ2n) is 3.62. The molecule has 1 aromatic rings. The maximum absolute atomic E-state index is 12.2. The van der Waals surface area contributed by atoms with Gasteiger partial charge in [0.15, 0.2) is 0 Å². The fourth-order valence-electron chi connectivity index (χ4n) is 1.60. The van der Waals surface area contributed by atoms with Crippen LogP contribution in [0.25, 0.3) is 0 Å². The Balaban J connectivity index is 3.55. The monoisotopic (exact) mass is 308 g/mol. The molecule has 0 amide bonds. The first kappa shape index (κ1) is 15.7. The fourth-order valence-corrected chi connectivity index (χ4v) is 3.46. The van der Waals surface area contributed by atoms with Crippen molar-refractivity contribution in [3.8, 4) is 5.75 Å². The maximum Gasteiger partial charge on any atom is 0.313 e. The minimum absolute atomic E-state index is 0.129. The molecule has 0 heterocycles. The third-order valence-corrected chi connectivity index (χ3v) is 4.82. The average Bonchev–Trinajstić information content (AvgIpc) is 2.32. The van der Waals surface area contributed by atoms with E-state index in [1.807, 2.05) is 0 Å². The predicted octanol–water partition coefficient (Wildman–Crippen LogP) is 1.98. The molecule has 19 heavy (non-hydrogen) atoms. The number of aromatic hydroxyl groups is 1. The smallest absolute Gasteiger partial charge is 0.313 e. The van der Waals surface area contributed by atoms with E-state index < -0.39 is 31.3 Å². The minimum atomic E-state index is -4.02. The molecule has 9 heteroatoms. The van der Waals surface area contributed by atoms with Gasteiger partial charge in [-0.3, -0.25) is 10.1 Å². The van der Waals surface area contributed by atoms with Crippen molar-refractivity contribution in [2.24, 2.45) is 0 Å². The first-order chi connectivity index (χ1) is 8.75. The van der Waals surface area contributed by atoms with Gasteiger partial charge in [-0.15, -0.1) is 0 Å². The number of nitrogens with zero attached hydrogens (tertiary/aromatic N) is 2. The van der Waals surface area contributed by atoms with E-state index in [1.165, 1.54) is 0 Å². The molecule has 0 radical (unpaired) electrons. The lowest BCUT2D eigenvalue weighted by Gasteiger charge is -2.19. The average molecular weight is 309 g/mol. The second kappa shape index (κ2) is 5.72. The van der Waals surface area contributed by atoms with Gasteiger partial charge in [0, 0.05) is 24.2 Å². The number of hydrogen-bond donors (Lipinski definition) is 1. The van der Waals surface area contributed by atoms with Crippen LogP contribution in [0.4, 0.5) is 5.69 Å². The molecule has 0 bridgehead atoms. The lowest BCUT2D eigenvalue weighted by atomic mass is 10.3. The Morgan fingerprint density at radius 3 is 2.32 bits per heavy atom. The normalized spacial score (nSPS) is 11.8. The van der Waals surface area contributed by atoms with E-state index in [0.29, 0.717) is 0 Å². The zero-order valence-electron chi connectivity index (χ0n) is 10.3. The van der Waals surface area contributed by atoms with Gasteiger partial charge in [-0.25, -0.2) is 8.42 Å². The summed E-state index contributed by atoms with van der Waals surface area (Å²) in [4.78, 5) is 9.29. The van der Waals surface area contributed by atoms with Gasteiger partial charge in [-0.2, -0.15) is 4.31 Å². The highest BCUT2D eigenvalue weighted by Gasteiger charge is 2.30. The number of nitro benzene ring substituents is 1. The van der Waals surface area contributed by atoms with Crippen molar-refractivity contribution in [1.82, 2.24) is 4.31 Å². The van der Waals surface area contributed by atoms with Gasteiger partial charge in [0.05, 0.1) is 4.92 Å². The van der Waals surface area contributed by atoms with E-state index in [0.717, 1.165) is 16.4 Å². The highest BCUT2D eigenvalue weighted by molar-refractivity contribution is 7.89. The molecule has 106 valence electrons. The van der Waals surface area contributed by atoms with E-state index in [2.05, 4.69) is 0 Å². The highest BCUT2D eigenvalue weighted by Crippen LogP contribution is 2.37. The van der Waals surface area contributed by atoms with Crippen LogP contribution >= 0.6 is 11.6 Å². The summed E-state index contributed by atoms with van der Waals surface area (Å²) in [6.45, 7) is 3.60. The first-order valence-electron chi connectivity index (χ1n) is 5.42. The van der Waals surface area contributed by atoms with Gasteiger partial charge < -0.3 is 5.11 Å². The van der Waals surface area contributed by atoms with Crippen molar-refractivity contribution in [3.05, 3.63) is 27.3 Å². The van der Waals surface area contributed by atoms with Crippen LogP contribution in [0, 0.1) is 10.1 Å². The van der Waals surface area contributed by atoms with Gasteiger partial charge in [0.2, 0.25) is 15.8 Å². The van der Waals surface area contributed by atoms with Crippen molar-refractivity contribution >= 4 is 27.3 Å². The van der Waals surface area contributed by atoms with Crippen LogP contribution in [0.3, 0.4) is 0 Å². The van der Waals surface area contributed by atoms with Gasteiger partial charge >= 0.3 is 5.69 Å². The third-order valence-electron chi connectivity index (χ3n) is 2.54. The summed E-state index contributed by atoms with van der Waals surface area (Å²) in [5.41, 5.74) is -0.738. The predicted molar refractivity (Wildman–Crippen MR) is 69.9 cm³/mol. The maximum atomic E-state index is 12.2. The number of nitro groups is 1. The summed E-state index contributed by atoms with van der Waals surface area (Å²) in [6, 6.07) is 1.90. The van der Waals surface area contributed by atoms with E-state index in [-0.39, 0.29) is 18.1 Å². The first-order valence-corrected chi connectivity index (χ1v) is 7.24. The Labute approximate surface area is 115 Å². The summed E-state index contributed by atoms with van der Waals surface area (Å²) in [5.74, 6) is -0.902. The van der Waals surface area contributed by atoms with E-state index in [4.69, 9.17) is 11.6 Å². The van der Waals surface area contributed by atoms with Crippen LogP contribution in [0.5, 0.6) is 5.75 Å². The van der Waals surface area contributed by atoms with Crippen LogP contribution in [0.2, 0.25) is 5.02 Å². The molecule has 7 nitrogen and oxygen atoms in total. The fraction of sp³-hybridized carbons (Fsp3) is 0.400. The minimum Gasteiger partial charge on any atom is -0.501 e. The summed E-state index contributed by atoms with van der Waals surface area (Å²) < 4.78 is 25.5. The second-order valence-corrected chi connectivity index (χ2v) is 5.96. The van der Waals surface area contributed by atoms with Crippen molar-refractivity contribution in [2.75, 3.05) is 13.1 Å². The van der Waals surface area contributed by atoms with Crippen LogP contribution in [0.15, 0.2) is 17.0 Å². The third kappa shape index (κ3) is 2.96. The Morgan fingerprint density at radius 1 is 1.37 bits per heavy atom. The van der Waals surface area contributed by atoms with E-state index >= 15 is 0 Å². The number of hydrogen-bond acceptors (Lipinski definition) is 5. The van der Waals surface area contributed by atoms with Gasteiger partial charge in [-0.1, -0.05) is 25.4 Å². The van der Waals surface area contributed by atoms with Crippen molar-refractivity contribution in [1.29, 1.82) is 0 Å². The molecule has 1 rings (SSSR count). The highest BCUT2D eigenvalue weighted by atomic mass is 35.5. The number of sulfonamides is 1. The summed E-state index contributed by atoms with van der Waals surface area (Å²) >= 11 is 5.66. The van der Waals surface area contributed by atoms with Crippen LogP contribution in [0.1, 0.15) is 13.8 Å². The van der Waals surface area contributed by atoms with Crippen molar-refractivity contribution in [3.63, 3.8) is 0 Å². The Kier molecular flexibility index (Phi) is 4.72. The largest absolute Gasteiger partial charge is 0.501 e. The molecular formula is C10H13ClN2O5S. The van der Waals surface area contributed by atoms with E-state index in [1.54, 1.807) is 13.8 Å². The molecule has 0 aromatic heterocycles. The Bertz CT molecular complexity index is 598. The number of phenolic OH excluding ortho intramolecular Hbond substituents is 1. The summed E-state index contributed by atoms with van der Waals surface area (Å²) in [5, 5.41) is 20.4. The van der Waals surface area contributed by atoms with Crippen LogP contribution < -0.4 is 0 Å².